The van der Waals surface area contributed by atoms with Crippen LogP contribution in [0.5, 0.6) is 0 Å². The van der Waals surface area contributed by atoms with Crippen LogP contribution in [-0.4, -0.2) is 32.0 Å². The topological polar surface area (TPSA) is 65.5 Å². The van der Waals surface area contributed by atoms with Crippen LogP contribution in [-0.2, 0) is 17.8 Å². The van der Waals surface area contributed by atoms with Crippen molar-refractivity contribution in [3.8, 4) is 0 Å². The summed E-state index contributed by atoms with van der Waals surface area (Å²) in [6.07, 6.45) is 5.23. The highest BCUT2D eigenvalue weighted by molar-refractivity contribution is 5.80. The Morgan fingerprint density at radius 1 is 1.12 bits per heavy atom. The molecule has 1 saturated carbocycles. The van der Waals surface area contributed by atoms with Gasteiger partial charge in [0.2, 0.25) is 5.91 Å². The molecule has 0 unspecified atom stereocenters. The Kier molecular flexibility index (Phi) is 7.59. The van der Waals surface area contributed by atoms with Gasteiger partial charge in [0.05, 0.1) is 0 Å². The summed E-state index contributed by atoms with van der Waals surface area (Å²) in [7, 11) is 1.78. The smallest absolute Gasteiger partial charge is 0.223 e. The molecule has 1 aliphatic rings. The van der Waals surface area contributed by atoms with E-state index in [1.807, 2.05) is 0 Å². The predicted octanol–water partition coefficient (Wildman–Crippen LogP) is 2.22. The SMILES string of the molecule is CCc1ccccc1CNC(=NC)NCCCNC(=O)C1CCC1. The van der Waals surface area contributed by atoms with Gasteiger partial charge in [-0.1, -0.05) is 37.6 Å². The first kappa shape index (κ1) is 18.3. The second kappa shape index (κ2) is 9.96. The third kappa shape index (κ3) is 5.55. The van der Waals surface area contributed by atoms with E-state index >= 15 is 0 Å². The minimum atomic E-state index is 0.222. The summed E-state index contributed by atoms with van der Waals surface area (Å²) in [6.45, 7) is 4.45. The van der Waals surface area contributed by atoms with Gasteiger partial charge in [0, 0.05) is 32.6 Å². The minimum absolute atomic E-state index is 0.222. The third-order valence-corrected chi connectivity index (χ3v) is 4.59. The minimum Gasteiger partial charge on any atom is -0.356 e. The van der Waals surface area contributed by atoms with Crippen LogP contribution >= 0.6 is 0 Å². The summed E-state index contributed by atoms with van der Waals surface area (Å²) in [5, 5.41) is 9.65. The number of hydrogen-bond donors (Lipinski definition) is 3. The van der Waals surface area contributed by atoms with E-state index < -0.39 is 0 Å². The van der Waals surface area contributed by atoms with Crippen LogP contribution in [0.4, 0.5) is 0 Å². The van der Waals surface area contributed by atoms with Crippen molar-refractivity contribution in [1.82, 2.24) is 16.0 Å². The average Bonchev–Trinajstić information content (AvgIpc) is 2.56. The average molecular weight is 330 g/mol. The number of carbonyl (C=O) groups excluding carboxylic acids is 1. The van der Waals surface area contributed by atoms with Crippen LogP contribution < -0.4 is 16.0 Å². The summed E-state index contributed by atoms with van der Waals surface area (Å²) < 4.78 is 0. The Labute approximate surface area is 145 Å². The molecule has 3 N–H and O–H groups in total. The van der Waals surface area contributed by atoms with Crippen LogP contribution in [0.2, 0.25) is 0 Å². The number of carbonyl (C=O) groups is 1. The predicted molar refractivity (Wildman–Crippen MR) is 99.0 cm³/mol. The quantitative estimate of drug-likeness (QED) is 0.389. The van der Waals surface area contributed by atoms with Crippen LogP contribution in [0.15, 0.2) is 29.3 Å². The molecule has 24 heavy (non-hydrogen) atoms. The largest absolute Gasteiger partial charge is 0.356 e. The first-order chi connectivity index (χ1) is 11.7. The van der Waals surface area contributed by atoms with Crippen molar-refractivity contribution in [3.05, 3.63) is 35.4 Å². The molecule has 1 fully saturated rings. The molecule has 0 aromatic heterocycles. The van der Waals surface area contributed by atoms with Crippen molar-refractivity contribution < 1.29 is 4.79 Å². The fourth-order valence-electron chi connectivity index (χ4n) is 2.80. The molecule has 1 aliphatic carbocycles. The molecule has 0 spiro atoms. The van der Waals surface area contributed by atoms with Gasteiger partial charge in [0.25, 0.3) is 0 Å². The van der Waals surface area contributed by atoms with Crippen molar-refractivity contribution in [2.45, 2.75) is 45.6 Å². The molecule has 1 amide bonds. The number of hydrogen-bond acceptors (Lipinski definition) is 2. The van der Waals surface area contributed by atoms with Gasteiger partial charge in [0.15, 0.2) is 5.96 Å². The lowest BCUT2D eigenvalue weighted by Gasteiger charge is -2.24. The van der Waals surface area contributed by atoms with Gasteiger partial charge in [0.1, 0.15) is 0 Å². The third-order valence-electron chi connectivity index (χ3n) is 4.59. The van der Waals surface area contributed by atoms with Crippen molar-refractivity contribution in [2.75, 3.05) is 20.1 Å². The lowest BCUT2D eigenvalue weighted by atomic mass is 9.85. The second-order valence-electron chi connectivity index (χ2n) is 6.25. The van der Waals surface area contributed by atoms with E-state index in [9.17, 15) is 4.79 Å². The van der Waals surface area contributed by atoms with E-state index in [0.717, 1.165) is 51.3 Å². The fraction of sp³-hybridized carbons (Fsp3) is 0.579. The molecule has 1 aromatic carbocycles. The highest BCUT2D eigenvalue weighted by Crippen LogP contribution is 2.25. The van der Waals surface area contributed by atoms with Crippen molar-refractivity contribution >= 4 is 11.9 Å². The summed E-state index contributed by atoms with van der Waals surface area (Å²) in [6, 6.07) is 8.46. The molecule has 2 rings (SSSR count). The molecular weight excluding hydrogens is 300 g/mol. The Hall–Kier alpha value is -2.04. The van der Waals surface area contributed by atoms with Crippen molar-refractivity contribution in [2.24, 2.45) is 10.9 Å². The highest BCUT2D eigenvalue weighted by Gasteiger charge is 2.24. The number of nitrogens with one attached hydrogen (secondary N) is 3. The van der Waals surface area contributed by atoms with Crippen molar-refractivity contribution in [1.29, 1.82) is 0 Å². The lowest BCUT2D eigenvalue weighted by Crippen LogP contribution is -2.39. The number of rotatable bonds is 8. The number of benzene rings is 1. The zero-order valence-corrected chi connectivity index (χ0v) is 14.9. The van der Waals surface area contributed by atoms with Gasteiger partial charge < -0.3 is 16.0 Å². The second-order valence-corrected chi connectivity index (χ2v) is 6.25. The van der Waals surface area contributed by atoms with E-state index in [2.05, 4.69) is 52.1 Å². The zero-order valence-electron chi connectivity index (χ0n) is 14.9. The Morgan fingerprint density at radius 3 is 2.46 bits per heavy atom. The van der Waals surface area contributed by atoms with Gasteiger partial charge in [-0.2, -0.15) is 0 Å². The fourth-order valence-corrected chi connectivity index (χ4v) is 2.80. The summed E-state index contributed by atoms with van der Waals surface area (Å²) in [4.78, 5) is 16.0. The van der Waals surface area contributed by atoms with Crippen LogP contribution in [0.1, 0.15) is 43.7 Å². The molecular formula is C19H30N4O. The summed E-state index contributed by atoms with van der Waals surface area (Å²) >= 11 is 0. The van der Waals surface area contributed by atoms with Gasteiger partial charge in [-0.3, -0.25) is 9.79 Å². The summed E-state index contributed by atoms with van der Waals surface area (Å²) in [5.41, 5.74) is 2.66. The number of aliphatic imine (C=N–C) groups is 1. The molecule has 0 bridgehead atoms. The maximum absolute atomic E-state index is 11.7. The molecule has 0 aliphatic heterocycles. The monoisotopic (exact) mass is 330 g/mol. The van der Waals surface area contributed by atoms with Gasteiger partial charge in [-0.25, -0.2) is 0 Å². The van der Waals surface area contributed by atoms with Gasteiger partial charge in [-0.05, 0) is 36.8 Å². The van der Waals surface area contributed by atoms with Crippen LogP contribution in [0.25, 0.3) is 0 Å². The van der Waals surface area contributed by atoms with Gasteiger partial charge in [-0.15, -0.1) is 0 Å². The molecule has 5 nitrogen and oxygen atoms in total. The number of guanidine groups is 1. The molecule has 1 aromatic rings. The zero-order chi connectivity index (χ0) is 17.2. The van der Waals surface area contributed by atoms with Gasteiger partial charge >= 0.3 is 0 Å². The number of nitrogens with zero attached hydrogens (tertiary/aromatic N) is 1. The molecule has 0 saturated heterocycles. The Bertz CT molecular complexity index is 552. The highest BCUT2D eigenvalue weighted by atomic mass is 16.1. The first-order valence-corrected chi connectivity index (χ1v) is 9.03. The summed E-state index contributed by atoms with van der Waals surface area (Å²) in [5.74, 6) is 1.29. The molecule has 0 radical (unpaired) electrons. The van der Waals surface area contributed by atoms with E-state index in [4.69, 9.17) is 0 Å². The van der Waals surface area contributed by atoms with Crippen molar-refractivity contribution in [3.63, 3.8) is 0 Å². The van der Waals surface area contributed by atoms with Crippen LogP contribution in [0, 0.1) is 5.92 Å². The van der Waals surface area contributed by atoms with Crippen LogP contribution in [0.3, 0.4) is 0 Å². The maximum Gasteiger partial charge on any atom is 0.223 e. The van der Waals surface area contributed by atoms with E-state index in [1.165, 1.54) is 17.5 Å². The molecule has 0 heterocycles. The Morgan fingerprint density at radius 2 is 1.83 bits per heavy atom. The van der Waals surface area contributed by atoms with E-state index in [-0.39, 0.29) is 11.8 Å². The van der Waals surface area contributed by atoms with E-state index in [1.54, 1.807) is 7.05 Å². The standard InChI is InChI=1S/C19H30N4O/c1-3-15-8-4-5-9-17(15)14-23-19(20-2)22-13-7-12-21-18(24)16-10-6-11-16/h4-5,8-9,16H,3,6-7,10-14H2,1-2H3,(H,21,24)(H2,20,22,23). The number of amides is 1. The Balaban J connectivity index is 1.62. The number of aryl methyl sites for hydroxylation is 1. The maximum atomic E-state index is 11.7. The lowest BCUT2D eigenvalue weighted by molar-refractivity contribution is -0.127. The normalized spacial score (nSPS) is 14.8. The first-order valence-electron chi connectivity index (χ1n) is 9.03. The molecule has 0 atom stereocenters. The molecule has 132 valence electrons. The molecule has 5 heteroatoms. The van der Waals surface area contributed by atoms with E-state index in [0.29, 0.717) is 0 Å².